The molecule has 7 heteroatoms. The third-order valence-electron chi connectivity index (χ3n) is 5.47. The van der Waals surface area contributed by atoms with E-state index in [2.05, 4.69) is 28.4 Å². The highest BCUT2D eigenvalue weighted by Gasteiger charge is 2.21. The minimum absolute atomic E-state index is 0.0342. The summed E-state index contributed by atoms with van der Waals surface area (Å²) in [6.07, 6.45) is 4.34. The molecule has 1 aromatic heterocycles. The largest absolute Gasteiger partial charge is 0.361 e. The van der Waals surface area contributed by atoms with Crippen molar-refractivity contribution in [2.24, 2.45) is 0 Å². The number of carbonyl (C=O) groups excluding carboxylic acids is 1. The van der Waals surface area contributed by atoms with Crippen LogP contribution in [0.5, 0.6) is 0 Å². The van der Waals surface area contributed by atoms with Gasteiger partial charge in [-0.25, -0.2) is 0 Å². The number of benzene rings is 2. The summed E-state index contributed by atoms with van der Waals surface area (Å²) in [6.45, 7) is 2.18. The quantitative estimate of drug-likeness (QED) is 0.527. The molecule has 0 unspecified atom stereocenters. The van der Waals surface area contributed by atoms with Crippen LogP contribution in [0.4, 0.5) is 11.4 Å². The lowest BCUT2D eigenvalue weighted by molar-refractivity contribution is -0.384. The lowest BCUT2D eigenvalue weighted by atomic mass is 9.89. The Kier molecular flexibility index (Phi) is 4.83. The Labute approximate surface area is 162 Å². The van der Waals surface area contributed by atoms with Crippen LogP contribution in [0.3, 0.4) is 0 Å². The van der Waals surface area contributed by atoms with Gasteiger partial charge in [0, 0.05) is 40.5 Å². The highest BCUT2D eigenvalue weighted by molar-refractivity contribution is 6.05. The Morgan fingerprint density at radius 2 is 1.89 bits per heavy atom. The van der Waals surface area contributed by atoms with Gasteiger partial charge in [-0.2, -0.15) is 0 Å². The lowest BCUT2D eigenvalue weighted by Crippen LogP contribution is -2.29. The van der Waals surface area contributed by atoms with Crippen molar-refractivity contribution in [2.75, 3.05) is 25.5 Å². The fraction of sp³-hybridized carbons (Fsp3) is 0.286. The molecule has 0 bridgehead atoms. The molecule has 1 fully saturated rings. The number of fused-ring (bicyclic) bond motifs is 1. The molecule has 0 radical (unpaired) electrons. The number of nitrogens with zero attached hydrogens (tertiary/aromatic N) is 2. The number of hydrogen-bond donors (Lipinski definition) is 2. The molecular weight excluding hydrogens is 356 g/mol. The van der Waals surface area contributed by atoms with Crippen molar-refractivity contribution in [2.45, 2.75) is 18.8 Å². The first kappa shape index (κ1) is 18.2. The van der Waals surface area contributed by atoms with Crippen LogP contribution in [0, 0.1) is 10.1 Å². The molecule has 2 aromatic carbocycles. The number of nitro benzene ring substituents is 1. The van der Waals surface area contributed by atoms with Gasteiger partial charge in [-0.1, -0.05) is 0 Å². The van der Waals surface area contributed by atoms with Crippen LogP contribution in [-0.4, -0.2) is 40.9 Å². The smallest absolute Gasteiger partial charge is 0.269 e. The maximum atomic E-state index is 12.5. The number of piperidine rings is 1. The molecule has 0 saturated carbocycles. The van der Waals surface area contributed by atoms with Gasteiger partial charge in [0.05, 0.1) is 4.92 Å². The fourth-order valence-electron chi connectivity index (χ4n) is 3.82. The van der Waals surface area contributed by atoms with E-state index in [4.69, 9.17) is 0 Å². The molecule has 3 aromatic rings. The molecule has 1 saturated heterocycles. The molecule has 0 atom stereocenters. The van der Waals surface area contributed by atoms with Crippen molar-refractivity contribution < 1.29 is 9.72 Å². The Balaban J connectivity index is 1.55. The van der Waals surface area contributed by atoms with E-state index in [0.29, 0.717) is 17.2 Å². The van der Waals surface area contributed by atoms with Gasteiger partial charge in [-0.15, -0.1) is 0 Å². The average molecular weight is 378 g/mol. The van der Waals surface area contributed by atoms with Crippen molar-refractivity contribution in [1.82, 2.24) is 9.88 Å². The van der Waals surface area contributed by atoms with E-state index in [0.717, 1.165) is 36.8 Å². The van der Waals surface area contributed by atoms with E-state index in [1.165, 1.54) is 29.8 Å². The van der Waals surface area contributed by atoms with Crippen LogP contribution >= 0.6 is 0 Å². The monoisotopic (exact) mass is 378 g/mol. The van der Waals surface area contributed by atoms with Crippen molar-refractivity contribution in [3.8, 4) is 0 Å². The zero-order valence-corrected chi connectivity index (χ0v) is 15.6. The standard InChI is InChI=1S/C21H22N4O3/c1-24-10-8-14(9-11-24)19-13-22-20-7-4-16(12-18(19)20)23-21(26)15-2-5-17(6-3-15)25(27)28/h2-7,12-14,22H,8-11H2,1H3,(H,23,26). The minimum atomic E-state index is -0.480. The number of aromatic amines is 1. The lowest BCUT2D eigenvalue weighted by Gasteiger charge is -2.28. The first-order chi connectivity index (χ1) is 13.5. The number of likely N-dealkylation sites (tertiary alicyclic amines) is 1. The van der Waals surface area contributed by atoms with Crippen LogP contribution in [0.25, 0.3) is 10.9 Å². The van der Waals surface area contributed by atoms with Crippen LogP contribution in [0.2, 0.25) is 0 Å². The highest BCUT2D eigenvalue weighted by atomic mass is 16.6. The number of rotatable bonds is 4. The van der Waals surface area contributed by atoms with E-state index < -0.39 is 4.92 Å². The summed E-state index contributed by atoms with van der Waals surface area (Å²) in [5.41, 5.74) is 3.42. The Bertz CT molecular complexity index is 1020. The first-order valence-electron chi connectivity index (χ1n) is 9.36. The minimum Gasteiger partial charge on any atom is -0.361 e. The van der Waals surface area contributed by atoms with Crippen LogP contribution in [0.1, 0.15) is 34.7 Å². The molecule has 2 heterocycles. The van der Waals surface area contributed by atoms with E-state index in [1.807, 2.05) is 18.2 Å². The van der Waals surface area contributed by atoms with Crippen molar-refractivity contribution >= 4 is 28.2 Å². The van der Waals surface area contributed by atoms with Crippen molar-refractivity contribution in [1.29, 1.82) is 0 Å². The Morgan fingerprint density at radius 3 is 2.57 bits per heavy atom. The summed E-state index contributed by atoms with van der Waals surface area (Å²) in [7, 11) is 2.15. The summed E-state index contributed by atoms with van der Waals surface area (Å²) >= 11 is 0. The molecule has 2 N–H and O–H groups in total. The highest BCUT2D eigenvalue weighted by Crippen LogP contribution is 2.34. The number of carbonyl (C=O) groups is 1. The average Bonchev–Trinajstić information content (AvgIpc) is 3.12. The van der Waals surface area contributed by atoms with Gasteiger partial charge in [0.25, 0.3) is 11.6 Å². The van der Waals surface area contributed by atoms with Gasteiger partial charge < -0.3 is 15.2 Å². The molecule has 0 spiro atoms. The number of hydrogen-bond acceptors (Lipinski definition) is 4. The molecule has 4 rings (SSSR count). The second-order valence-corrected chi connectivity index (χ2v) is 7.34. The van der Waals surface area contributed by atoms with Gasteiger partial charge in [-0.3, -0.25) is 14.9 Å². The number of aromatic nitrogens is 1. The number of amides is 1. The molecule has 28 heavy (non-hydrogen) atoms. The summed E-state index contributed by atoms with van der Waals surface area (Å²) < 4.78 is 0. The van der Waals surface area contributed by atoms with Gasteiger partial charge in [0.2, 0.25) is 0 Å². The van der Waals surface area contributed by atoms with Gasteiger partial charge in [0.15, 0.2) is 0 Å². The number of non-ortho nitro benzene ring substituents is 1. The second kappa shape index (κ2) is 7.44. The second-order valence-electron chi connectivity index (χ2n) is 7.34. The van der Waals surface area contributed by atoms with Crippen LogP contribution < -0.4 is 5.32 Å². The van der Waals surface area contributed by atoms with E-state index in [9.17, 15) is 14.9 Å². The number of nitro groups is 1. The number of nitrogens with one attached hydrogen (secondary N) is 2. The normalized spacial score (nSPS) is 15.6. The summed E-state index contributed by atoms with van der Waals surface area (Å²) in [5, 5.41) is 14.8. The molecule has 7 nitrogen and oxygen atoms in total. The Hall–Kier alpha value is -3.19. The topological polar surface area (TPSA) is 91.3 Å². The molecule has 1 aliphatic heterocycles. The fourth-order valence-corrected chi connectivity index (χ4v) is 3.82. The summed E-state index contributed by atoms with van der Waals surface area (Å²) in [4.78, 5) is 28.5. The molecule has 1 amide bonds. The third-order valence-corrected chi connectivity index (χ3v) is 5.47. The predicted molar refractivity (Wildman–Crippen MR) is 109 cm³/mol. The van der Waals surface area contributed by atoms with Crippen LogP contribution in [0.15, 0.2) is 48.7 Å². The zero-order valence-electron chi connectivity index (χ0n) is 15.6. The van der Waals surface area contributed by atoms with E-state index >= 15 is 0 Å². The molecule has 0 aliphatic carbocycles. The summed E-state index contributed by atoms with van der Waals surface area (Å²) in [6, 6.07) is 11.4. The maximum Gasteiger partial charge on any atom is 0.269 e. The van der Waals surface area contributed by atoms with Gasteiger partial charge in [0.1, 0.15) is 0 Å². The predicted octanol–water partition coefficient (Wildman–Crippen LogP) is 4.14. The zero-order chi connectivity index (χ0) is 19.7. The van der Waals surface area contributed by atoms with Crippen LogP contribution in [-0.2, 0) is 0 Å². The van der Waals surface area contributed by atoms with Crippen molar-refractivity contribution in [3.05, 3.63) is 69.9 Å². The first-order valence-corrected chi connectivity index (χ1v) is 9.36. The maximum absolute atomic E-state index is 12.5. The number of anilines is 1. The van der Waals surface area contributed by atoms with E-state index in [1.54, 1.807) is 0 Å². The molecule has 1 aliphatic rings. The number of H-pyrrole nitrogens is 1. The molecule has 144 valence electrons. The SMILES string of the molecule is CN1CCC(c2c[nH]c3ccc(NC(=O)c4ccc([N+](=O)[O-])cc4)cc23)CC1. The van der Waals surface area contributed by atoms with Gasteiger partial charge >= 0.3 is 0 Å². The third kappa shape index (κ3) is 3.61. The Morgan fingerprint density at radius 1 is 1.18 bits per heavy atom. The summed E-state index contributed by atoms with van der Waals surface area (Å²) in [5.74, 6) is 0.233. The van der Waals surface area contributed by atoms with Gasteiger partial charge in [-0.05, 0) is 74.8 Å². The van der Waals surface area contributed by atoms with Crippen molar-refractivity contribution in [3.63, 3.8) is 0 Å². The van der Waals surface area contributed by atoms with E-state index in [-0.39, 0.29) is 11.6 Å². The molecular formula is C21H22N4O3.